The lowest BCUT2D eigenvalue weighted by Crippen LogP contribution is -2.36. The van der Waals surface area contributed by atoms with E-state index in [0.717, 1.165) is 24.6 Å². The van der Waals surface area contributed by atoms with Crippen LogP contribution in [0.3, 0.4) is 0 Å². The molecule has 154 valence electrons. The minimum atomic E-state index is -0.429. The molecule has 30 heavy (non-hydrogen) atoms. The number of carbonyl (C=O) groups excluding carboxylic acids is 1. The predicted octanol–water partition coefficient (Wildman–Crippen LogP) is 2.68. The third kappa shape index (κ3) is 5.11. The van der Waals surface area contributed by atoms with E-state index in [0.29, 0.717) is 36.4 Å². The van der Waals surface area contributed by atoms with Gasteiger partial charge in [0.15, 0.2) is 0 Å². The number of hydrogen-bond donors (Lipinski definition) is 4. The quantitative estimate of drug-likeness (QED) is 0.476. The van der Waals surface area contributed by atoms with Crippen molar-refractivity contribution in [3.8, 4) is 0 Å². The molecular weight excluding hydrogens is 384 g/mol. The molecule has 1 saturated heterocycles. The second-order valence-corrected chi connectivity index (χ2v) is 6.60. The van der Waals surface area contributed by atoms with Gasteiger partial charge in [-0.2, -0.15) is 4.98 Å². The van der Waals surface area contributed by atoms with Gasteiger partial charge in [-0.05, 0) is 36.4 Å². The maximum Gasteiger partial charge on any atom is 0.324 e. The topological polar surface area (TPSA) is 130 Å². The monoisotopic (exact) mass is 406 g/mol. The Hall–Kier alpha value is -3.92. The van der Waals surface area contributed by atoms with Gasteiger partial charge in [0.2, 0.25) is 5.95 Å². The number of nitrogens with zero attached hydrogens (tertiary/aromatic N) is 4. The molecule has 4 rings (SSSR count). The lowest BCUT2D eigenvalue weighted by molar-refractivity contribution is 0.122. The zero-order valence-corrected chi connectivity index (χ0v) is 16.2. The van der Waals surface area contributed by atoms with Gasteiger partial charge < -0.3 is 26.0 Å². The van der Waals surface area contributed by atoms with Gasteiger partial charge in [-0.25, -0.2) is 14.8 Å². The third-order valence-corrected chi connectivity index (χ3v) is 4.38. The molecule has 0 aliphatic carbocycles. The summed E-state index contributed by atoms with van der Waals surface area (Å²) in [4.78, 5) is 27.3. The van der Waals surface area contributed by atoms with Crippen LogP contribution in [0, 0.1) is 0 Å². The predicted molar refractivity (Wildman–Crippen MR) is 116 cm³/mol. The van der Waals surface area contributed by atoms with Crippen LogP contribution >= 0.6 is 0 Å². The average molecular weight is 406 g/mol. The summed E-state index contributed by atoms with van der Waals surface area (Å²) in [6.45, 7) is 3.07. The summed E-state index contributed by atoms with van der Waals surface area (Å²) in [5, 5.41) is 8.46. The molecule has 2 aromatic heterocycles. The molecule has 0 unspecified atom stereocenters. The summed E-state index contributed by atoms with van der Waals surface area (Å²) in [6, 6.07) is 11.9. The van der Waals surface area contributed by atoms with E-state index in [1.807, 2.05) is 12.1 Å². The molecule has 1 aromatic carbocycles. The van der Waals surface area contributed by atoms with Crippen LogP contribution in [0.15, 0.2) is 54.9 Å². The average Bonchev–Trinajstić information content (AvgIpc) is 2.75. The SMILES string of the molecule is Nc1cccc(NC(=O)Nc2ccnc(Nc3ccc(N4CCOCC4)nc3)n2)c1. The molecule has 0 bridgehead atoms. The summed E-state index contributed by atoms with van der Waals surface area (Å²) >= 11 is 0. The Balaban J connectivity index is 1.36. The molecule has 1 aliphatic rings. The Morgan fingerprint density at radius 1 is 1.03 bits per heavy atom. The van der Waals surface area contributed by atoms with Crippen molar-refractivity contribution in [3.05, 3.63) is 54.9 Å². The number of ether oxygens (including phenoxy) is 1. The van der Waals surface area contributed by atoms with Crippen LogP contribution in [-0.4, -0.2) is 47.3 Å². The Bertz CT molecular complexity index is 1010. The second kappa shape index (κ2) is 9.05. The van der Waals surface area contributed by atoms with Crippen molar-refractivity contribution in [3.63, 3.8) is 0 Å². The molecule has 10 nitrogen and oxygen atoms in total. The van der Waals surface area contributed by atoms with E-state index < -0.39 is 6.03 Å². The molecule has 0 radical (unpaired) electrons. The number of rotatable bonds is 5. The van der Waals surface area contributed by atoms with Crippen LogP contribution in [0.2, 0.25) is 0 Å². The van der Waals surface area contributed by atoms with Crippen molar-refractivity contribution < 1.29 is 9.53 Å². The summed E-state index contributed by atoms with van der Waals surface area (Å²) in [7, 11) is 0. The number of nitrogens with one attached hydrogen (secondary N) is 3. The maximum atomic E-state index is 12.2. The van der Waals surface area contributed by atoms with E-state index in [4.69, 9.17) is 10.5 Å². The second-order valence-electron chi connectivity index (χ2n) is 6.60. The van der Waals surface area contributed by atoms with Gasteiger partial charge in [0.1, 0.15) is 11.6 Å². The standard InChI is InChI=1S/C20H22N8O2/c21-14-2-1-3-15(12-14)25-20(29)27-17-6-7-22-19(26-17)24-16-4-5-18(23-13-16)28-8-10-30-11-9-28/h1-7,12-13H,8-11,21H2,(H3,22,24,25,26,27,29). The fourth-order valence-corrected chi connectivity index (χ4v) is 2.95. The molecule has 3 aromatic rings. The van der Waals surface area contributed by atoms with Crippen molar-refractivity contribution in [2.45, 2.75) is 0 Å². The van der Waals surface area contributed by atoms with E-state index >= 15 is 0 Å². The van der Waals surface area contributed by atoms with E-state index in [-0.39, 0.29) is 0 Å². The van der Waals surface area contributed by atoms with Gasteiger partial charge in [-0.3, -0.25) is 5.32 Å². The fourth-order valence-electron chi connectivity index (χ4n) is 2.95. The van der Waals surface area contributed by atoms with Gasteiger partial charge in [0, 0.05) is 30.7 Å². The fraction of sp³-hybridized carbons (Fsp3) is 0.200. The Kier molecular flexibility index (Phi) is 5.85. The van der Waals surface area contributed by atoms with Crippen molar-refractivity contribution in [2.75, 3.05) is 52.9 Å². The molecule has 10 heteroatoms. The first-order valence-corrected chi connectivity index (χ1v) is 9.48. The molecular formula is C20H22N8O2. The van der Waals surface area contributed by atoms with Crippen molar-refractivity contribution in [1.29, 1.82) is 0 Å². The first-order chi connectivity index (χ1) is 14.7. The molecule has 2 amide bonds. The Morgan fingerprint density at radius 2 is 1.90 bits per heavy atom. The van der Waals surface area contributed by atoms with Crippen LogP contribution in [0.1, 0.15) is 0 Å². The Morgan fingerprint density at radius 3 is 2.67 bits per heavy atom. The number of carbonyl (C=O) groups is 1. The summed E-state index contributed by atoms with van der Waals surface area (Å²) < 4.78 is 5.36. The number of aromatic nitrogens is 3. The number of nitrogen functional groups attached to an aromatic ring is 1. The van der Waals surface area contributed by atoms with E-state index in [1.54, 1.807) is 42.7 Å². The first kappa shape index (κ1) is 19.4. The highest BCUT2D eigenvalue weighted by Gasteiger charge is 2.12. The zero-order valence-electron chi connectivity index (χ0n) is 16.2. The number of nitrogens with two attached hydrogens (primary N) is 1. The summed E-state index contributed by atoms with van der Waals surface area (Å²) in [5.41, 5.74) is 7.62. The first-order valence-electron chi connectivity index (χ1n) is 9.48. The lowest BCUT2D eigenvalue weighted by Gasteiger charge is -2.27. The zero-order chi connectivity index (χ0) is 20.8. The van der Waals surface area contributed by atoms with Crippen LogP contribution in [0.5, 0.6) is 0 Å². The molecule has 0 atom stereocenters. The number of benzene rings is 1. The molecule has 0 spiro atoms. The van der Waals surface area contributed by atoms with E-state index in [1.165, 1.54) is 0 Å². The van der Waals surface area contributed by atoms with Gasteiger partial charge >= 0.3 is 6.03 Å². The summed E-state index contributed by atoms with van der Waals surface area (Å²) in [5.74, 6) is 1.60. The molecule has 1 aliphatic heterocycles. The van der Waals surface area contributed by atoms with Gasteiger partial charge in [0.25, 0.3) is 0 Å². The highest BCUT2D eigenvalue weighted by Crippen LogP contribution is 2.18. The number of anilines is 6. The minimum absolute atomic E-state index is 0.345. The molecule has 5 N–H and O–H groups in total. The molecule has 1 fully saturated rings. The number of urea groups is 1. The van der Waals surface area contributed by atoms with Crippen LogP contribution in [0.4, 0.5) is 39.4 Å². The number of amides is 2. The van der Waals surface area contributed by atoms with E-state index in [2.05, 4.69) is 35.8 Å². The smallest absolute Gasteiger partial charge is 0.324 e. The maximum absolute atomic E-state index is 12.2. The molecule has 3 heterocycles. The normalized spacial score (nSPS) is 13.5. The van der Waals surface area contributed by atoms with Gasteiger partial charge in [0.05, 0.1) is 25.1 Å². The highest BCUT2D eigenvalue weighted by atomic mass is 16.5. The number of hydrogen-bond acceptors (Lipinski definition) is 8. The lowest BCUT2D eigenvalue weighted by atomic mass is 10.3. The highest BCUT2D eigenvalue weighted by molar-refractivity contribution is 5.99. The largest absolute Gasteiger partial charge is 0.399 e. The summed E-state index contributed by atoms with van der Waals surface area (Å²) in [6.07, 6.45) is 3.28. The van der Waals surface area contributed by atoms with Crippen molar-refractivity contribution >= 4 is 40.7 Å². The third-order valence-electron chi connectivity index (χ3n) is 4.38. The van der Waals surface area contributed by atoms with E-state index in [9.17, 15) is 4.79 Å². The van der Waals surface area contributed by atoms with Crippen LogP contribution in [0.25, 0.3) is 0 Å². The van der Waals surface area contributed by atoms with Crippen molar-refractivity contribution in [2.24, 2.45) is 0 Å². The Labute approximate surface area is 173 Å². The number of pyridine rings is 1. The molecule has 0 saturated carbocycles. The number of morpholine rings is 1. The van der Waals surface area contributed by atoms with Crippen LogP contribution in [-0.2, 0) is 4.74 Å². The van der Waals surface area contributed by atoms with Crippen molar-refractivity contribution in [1.82, 2.24) is 15.0 Å². The van der Waals surface area contributed by atoms with Gasteiger partial charge in [-0.1, -0.05) is 6.07 Å². The van der Waals surface area contributed by atoms with Gasteiger partial charge in [-0.15, -0.1) is 0 Å². The minimum Gasteiger partial charge on any atom is -0.399 e. The van der Waals surface area contributed by atoms with Crippen LogP contribution < -0.4 is 26.6 Å².